The van der Waals surface area contributed by atoms with Gasteiger partial charge in [-0.15, -0.1) is 11.3 Å². The standard InChI is InChI=1S/C7H8N2O2S/c8-7-9-5(4-12-7)2-1-3-6(10)11/h1,3-4H,2H2,(H2,8,9)(H,10,11)/b3-1-. The number of thiazole rings is 1. The number of anilines is 1. The van der Waals surface area contributed by atoms with Gasteiger partial charge < -0.3 is 10.8 Å². The van der Waals surface area contributed by atoms with Crippen molar-refractivity contribution in [2.45, 2.75) is 6.42 Å². The molecule has 0 saturated carbocycles. The van der Waals surface area contributed by atoms with Crippen LogP contribution in [0.4, 0.5) is 5.13 Å². The van der Waals surface area contributed by atoms with Crippen LogP contribution in [-0.4, -0.2) is 16.1 Å². The second-order valence-electron chi connectivity index (χ2n) is 2.12. The van der Waals surface area contributed by atoms with Crippen LogP contribution in [0.15, 0.2) is 17.5 Å². The molecule has 1 rings (SSSR count). The second-order valence-corrected chi connectivity index (χ2v) is 3.01. The minimum atomic E-state index is -0.946. The van der Waals surface area contributed by atoms with Gasteiger partial charge in [0, 0.05) is 17.9 Å². The summed E-state index contributed by atoms with van der Waals surface area (Å²) < 4.78 is 0. The summed E-state index contributed by atoms with van der Waals surface area (Å²) in [6.07, 6.45) is 3.15. The average molecular weight is 184 g/mol. The minimum absolute atomic E-state index is 0.508. The molecule has 0 aliphatic carbocycles. The second kappa shape index (κ2) is 3.87. The predicted octanol–water partition coefficient (Wildman–Crippen LogP) is 0.909. The first kappa shape index (κ1) is 8.73. The van der Waals surface area contributed by atoms with Gasteiger partial charge in [0.2, 0.25) is 0 Å². The van der Waals surface area contributed by atoms with Crippen LogP contribution in [0.25, 0.3) is 0 Å². The summed E-state index contributed by atoms with van der Waals surface area (Å²) in [6, 6.07) is 0. The molecule has 1 aromatic heterocycles. The fourth-order valence-corrected chi connectivity index (χ4v) is 1.27. The van der Waals surface area contributed by atoms with Gasteiger partial charge in [0.1, 0.15) is 0 Å². The number of carboxylic acid groups (broad SMARTS) is 1. The van der Waals surface area contributed by atoms with Crippen molar-refractivity contribution in [3.63, 3.8) is 0 Å². The molecule has 0 fully saturated rings. The van der Waals surface area contributed by atoms with Gasteiger partial charge in [-0.1, -0.05) is 6.08 Å². The lowest BCUT2D eigenvalue weighted by Crippen LogP contribution is -1.88. The minimum Gasteiger partial charge on any atom is -0.478 e. The van der Waals surface area contributed by atoms with Crippen LogP contribution in [0.1, 0.15) is 5.69 Å². The van der Waals surface area contributed by atoms with E-state index in [1.54, 1.807) is 0 Å². The molecule has 0 radical (unpaired) electrons. The van der Waals surface area contributed by atoms with Crippen molar-refractivity contribution in [1.82, 2.24) is 4.98 Å². The molecular weight excluding hydrogens is 176 g/mol. The van der Waals surface area contributed by atoms with E-state index < -0.39 is 5.97 Å². The first-order valence-electron chi connectivity index (χ1n) is 3.28. The Hall–Kier alpha value is -1.36. The van der Waals surface area contributed by atoms with E-state index in [0.29, 0.717) is 11.6 Å². The number of nitrogens with two attached hydrogens (primary N) is 1. The van der Waals surface area contributed by atoms with Crippen molar-refractivity contribution in [3.8, 4) is 0 Å². The molecule has 12 heavy (non-hydrogen) atoms. The highest BCUT2D eigenvalue weighted by molar-refractivity contribution is 7.13. The van der Waals surface area contributed by atoms with Gasteiger partial charge in [-0.3, -0.25) is 0 Å². The number of aliphatic carboxylic acids is 1. The summed E-state index contributed by atoms with van der Waals surface area (Å²) in [7, 11) is 0. The molecule has 4 nitrogen and oxygen atoms in total. The molecule has 5 heteroatoms. The largest absolute Gasteiger partial charge is 0.478 e. The summed E-state index contributed by atoms with van der Waals surface area (Å²) >= 11 is 1.35. The van der Waals surface area contributed by atoms with Crippen LogP contribution >= 0.6 is 11.3 Å². The van der Waals surface area contributed by atoms with Crippen molar-refractivity contribution in [2.75, 3.05) is 5.73 Å². The molecule has 0 amide bonds. The molecule has 0 aromatic carbocycles. The van der Waals surface area contributed by atoms with E-state index in [9.17, 15) is 4.79 Å². The maximum absolute atomic E-state index is 10.1. The molecule has 0 saturated heterocycles. The average Bonchev–Trinajstić information content (AvgIpc) is 2.35. The van der Waals surface area contributed by atoms with Gasteiger partial charge in [0.15, 0.2) is 5.13 Å². The van der Waals surface area contributed by atoms with E-state index in [1.165, 1.54) is 17.4 Å². The van der Waals surface area contributed by atoms with Crippen LogP contribution < -0.4 is 5.73 Å². The number of rotatable bonds is 3. The van der Waals surface area contributed by atoms with Crippen molar-refractivity contribution >= 4 is 22.4 Å². The number of carbonyl (C=O) groups is 1. The molecule has 0 atom stereocenters. The Morgan fingerprint density at radius 2 is 2.58 bits per heavy atom. The Morgan fingerprint density at radius 1 is 1.83 bits per heavy atom. The number of nitrogens with zero attached hydrogens (tertiary/aromatic N) is 1. The smallest absolute Gasteiger partial charge is 0.327 e. The van der Waals surface area contributed by atoms with Gasteiger partial charge >= 0.3 is 5.97 Å². The van der Waals surface area contributed by atoms with E-state index in [2.05, 4.69) is 4.98 Å². The lowest BCUT2D eigenvalue weighted by Gasteiger charge is -1.84. The van der Waals surface area contributed by atoms with Crippen molar-refractivity contribution in [2.24, 2.45) is 0 Å². The number of nitrogen functional groups attached to an aromatic ring is 1. The zero-order valence-electron chi connectivity index (χ0n) is 6.23. The zero-order valence-corrected chi connectivity index (χ0v) is 7.04. The van der Waals surface area contributed by atoms with Gasteiger partial charge in [-0.05, 0) is 0 Å². The molecule has 0 unspecified atom stereocenters. The van der Waals surface area contributed by atoms with Crippen molar-refractivity contribution in [3.05, 3.63) is 23.2 Å². The first-order chi connectivity index (χ1) is 5.68. The van der Waals surface area contributed by atoms with E-state index in [1.807, 2.05) is 5.38 Å². The van der Waals surface area contributed by atoms with Gasteiger partial charge in [-0.2, -0.15) is 0 Å². The third kappa shape index (κ3) is 2.71. The Balaban J connectivity index is 2.48. The molecule has 0 aliphatic rings. The van der Waals surface area contributed by atoms with Crippen molar-refractivity contribution < 1.29 is 9.90 Å². The van der Waals surface area contributed by atoms with Crippen molar-refractivity contribution in [1.29, 1.82) is 0 Å². The summed E-state index contributed by atoms with van der Waals surface area (Å²) in [5, 5.41) is 10.6. The Bertz CT molecular complexity index is 306. The molecule has 1 heterocycles. The van der Waals surface area contributed by atoms with Gasteiger partial charge in [0.25, 0.3) is 0 Å². The molecule has 64 valence electrons. The fourth-order valence-electron chi connectivity index (χ4n) is 0.697. The normalized spacial score (nSPS) is 10.7. The topological polar surface area (TPSA) is 76.2 Å². The highest BCUT2D eigenvalue weighted by Gasteiger charge is 1.95. The van der Waals surface area contributed by atoms with E-state index in [4.69, 9.17) is 10.8 Å². The fraction of sp³-hybridized carbons (Fsp3) is 0.143. The molecule has 3 N–H and O–H groups in total. The van der Waals surface area contributed by atoms with Gasteiger partial charge in [0.05, 0.1) is 5.69 Å². The van der Waals surface area contributed by atoms with Crippen LogP contribution in [0.5, 0.6) is 0 Å². The lowest BCUT2D eigenvalue weighted by atomic mass is 10.3. The lowest BCUT2D eigenvalue weighted by molar-refractivity contribution is -0.131. The Labute approximate surface area is 73.4 Å². The van der Waals surface area contributed by atoms with Crippen LogP contribution in [0, 0.1) is 0 Å². The summed E-state index contributed by atoms with van der Waals surface area (Å²) in [5.74, 6) is -0.946. The maximum Gasteiger partial charge on any atom is 0.327 e. The highest BCUT2D eigenvalue weighted by atomic mass is 32.1. The Kier molecular flexibility index (Phi) is 2.82. The molecule has 0 bridgehead atoms. The first-order valence-corrected chi connectivity index (χ1v) is 4.16. The molecule has 1 aromatic rings. The van der Waals surface area contributed by atoms with Crippen LogP contribution in [-0.2, 0) is 11.2 Å². The number of hydrogen-bond donors (Lipinski definition) is 2. The van der Waals surface area contributed by atoms with Crippen LogP contribution in [0.3, 0.4) is 0 Å². The number of allylic oxidation sites excluding steroid dienone is 1. The molecule has 0 aliphatic heterocycles. The Morgan fingerprint density at radius 3 is 3.08 bits per heavy atom. The van der Waals surface area contributed by atoms with Gasteiger partial charge in [-0.25, -0.2) is 9.78 Å². The zero-order chi connectivity index (χ0) is 8.97. The van der Waals surface area contributed by atoms with E-state index in [-0.39, 0.29) is 0 Å². The van der Waals surface area contributed by atoms with E-state index in [0.717, 1.165) is 11.8 Å². The highest BCUT2D eigenvalue weighted by Crippen LogP contribution is 2.11. The van der Waals surface area contributed by atoms with E-state index >= 15 is 0 Å². The summed E-state index contributed by atoms with van der Waals surface area (Å²) in [4.78, 5) is 14.0. The number of aromatic nitrogens is 1. The monoisotopic (exact) mass is 184 g/mol. The predicted molar refractivity (Wildman–Crippen MR) is 47.0 cm³/mol. The molecular formula is C7H8N2O2S. The SMILES string of the molecule is Nc1nc(C/C=C\C(=O)O)cs1. The number of carboxylic acids is 1. The quantitative estimate of drug-likeness (QED) is 0.684. The van der Waals surface area contributed by atoms with Crippen LogP contribution in [0.2, 0.25) is 0 Å². The maximum atomic E-state index is 10.1. The molecule has 0 spiro atoms. The summed E-state index contributed by atoms with van der Waals surface area (Å²) in [6.45, 7) is 0. The third-order valence-electron chi connectivity index (χ3n) is 1.16. The number of hydrogen-bond acceptors (Lipinski definition) is 4. The third-order valence-corrected chi connectivity index (χ3v) is 1.88. The summed E-state index contributed by atoms with van der Waals surface area (Å²) in [5.41, 5.74) is 6.18.